The minimum absolute atomic E-state index is 1.03. The van der Waals surface area contributed by atoms with Crippen LogP contribution in [0.4, 0.5) is 0 Å². The van der Waals surface area contributed by atoms with Crippen LogP contribution in [0.5, 0.6) is 0 Å². The van der Waals surface area contributed by atoms with Crippen LogP contribution in [0.25, 0.3) is 0 Å². The van der Waals surface area contributed by atoms with Crippen LogP contribution in [0.15, 0.2) is 128 Å². The number of allylic oxidation sites excluding steroid dienone is 22. The molecule has 1 aliphatic rings. The molecule has 0 heterocycles. The minimum atomic E-state index is 1.03. The summed E-state index contributed by atoms with van der Waals surface area (Å²) in [4.78, 5) is 0. The summed E-state index contributed by atoms with van der Waals surface area (Å²) < 4.78 is 0. The molecule has 0 saturated carbocycles. The van der Waals surface area contributed by atoms with E-state index in [0.717, 1.165) is 12.8 Å². The van der Waals surface area contributed by atoms with Crippen LogP contribution in [0.1, 0.15) is 32.1 Å². The molecule has 1 rings (SSSR count). The summed E-state index contributed by atoms with van der Waals surface area (Å²) in [5.41, 5.74) is 0. The van der Waals surface area contributed by atoms with E-state index in [-0.39, 0.29) is 0 Å². The number of hydrogen-bond donors (Lipinski definition) is 0. The third-order valence-electron chi connectivity index (χ3n) is 3.54. The molecular formula is C27H31. The molecule has 0 aromatic rings. The molecule has 1 aliphatic carbocycles. The molecule has 0 amide bonds. The van der Waals surface area contributed by atoms with Gasteiger partial charge in [-0.05, 0) is 31.8 Å². The normalized spacial score (nSPS) is 30.5. The second-order valence-corrected chi connectivity index (χ2v) is 5.86. The molecule has 0 heteroatoms. The zero-order valence-electron chi connectivity index (χ0n) is 16.2. The van der Waals surface area contributed by atoms with E-state index in [2.05, 4.69) is 30.4 Å². The molecule has 1 radical (unpaired) electrons. The molecule has 0 spiro atoms. The van der Waals surface area contributed by atoms with Crippen molar-refractivity contribution in [3.63, 3.8) is 0 Å². The summed E-state index contributed by atoms with van der Waals surface area (Å²) in [6.45, 7) is 0. The third-order valence-corrected chi connectivity index (χ3v) is 3.54. The molecule has 0 bridgehead atoms. The maximum Gasteiger partial charge on any atom is -0.0276 e. The van der Waals surface area contributed by atoms with Crippen molar-refractivity contribution < 1.29 is 0 Å². The topological polar surface area (TPSA) is 0 Å². The van der Waals surface area contributed by atoms with Crippen molar-refractivity contribution in [3.05, 3.63) is 134 Å². The predicted octanol–water partition coefficient (Wildman–Crippen LogP) is 7.87. The lowest BCUT2D eigenvalue weighted by Gasteiger charge is -1.93. The first kappa shape index (κ1) is 22.2. The average Bonchev–Trinajstić information content (AvgIpc) is 2.68. The lowest BCUT2D eigenvalue weighted by Crippen LogP contribution is -1.74. The van der Waals surface area contributed by atoms with Gasteiger partial charge >= 0.3 is 0 Å². The van der Waals surface area contributed by atoms with E-state index in [1.165, 1.54) is 19.3 Å². The highest BCUT2D eigenvalue weighted by Crippen LogP contribution is 2.04. The molecule has 0 fully saturated rings. The summed E-state index contributed by atoms with van der Waals surface area (Å²) in [5, 5.41) is 0. The standard InChI is InChI=1S/C27H31/c1-2-4-6-8-10-12-14-16-18-20-22-24-26-27-25-23-21-19-17-15-13-11-9-7-5-3-1/h1-21H,22,24-27H2/b3-1+,4-2+,7-5-,8-6+,11-9+,12-10+,15-13+,16-14-,19-17+,20-18+,23-21?. The lowest BCUT2D eigenvalue weighted by atomic mass is 10.1. The van der Waals surface area contributed by atoms with E-state index < -0.39 is 0 Å². The molecule has 0 aliphatic heterocycles. The molecule has 0 saturated heterocycles. The minimum Gasteiger partial charge on any atom is -0.0845 e. The molecular weight excluding hydrogens is 324 g/mol. The monoisotopic (exact) mass is 355 g/mol. The Hall–Kier alpha value is -2.86. The fraction of sp³-hybridized carbons (Fsp3) is 0.185. The fourth-order valence-corrected chi connectivity index (χ4v) is 2.14. The first-order valence-electron chi connectivity index (χ1n) is 9.72. The quantitative estimate of drug-likeness (QED) is 0.414. The smallest absolute Gasteiger partial charge is 0.0276 e. The summed E-state index contributed by atoms with van der Waals surface area (Å²) in [7, 11) is 0. The van der Waals surface area contributed by atoms with Gasteiger partial charge in [0.15, 0.2) is 0 Å². The van der Waals surface area contributed by atoms with Gasteiger partial charge < -0.3 is 0 Å². The van der Waals surface area contributed by atoms with Crippen molar-refractivity contribution in [2.45, 2.75) is 32.1 Å². The van der Waals surface area contributed by atoms with Crippen LogP contribution in [0, 0.1) is 6.08 Å². The molecule has 0 aromatic heterocycles. The van der Waals surface area contributed by atoms with Crippen LogP contribution in [0.3, 0.4) is 0 Å². The van der Waals surface area contributed by atoms with E-state index in [9.17, 15) is 0 Å². The van der Waals surface area contributed by atoms with Crippen molar-refractivity contribution in [3.8, 4) is 0 Å². The van der Waals surface area contributed by atoms with Crippen LogP contribution in [0.2, 0.25) is 0 Å². The van der Waals surface area contributed by atoms with Gasteiger partial charge in [0.2, 0.25) is 0 Å². The van der Waals surface area contributed by atoms with Crippen molar-refractivity contribution in [1.29, 1.82) is 0 Å². The average molecular weight is 356 g/mol. The van der Waals surface area contributed by atoms with Gasteiger partial charge in [0.1, 0.15) is 0 Å². The second-order valence-electron chi connectivity index (χ2n) is 5.86. The lowest BCUT2D eigenvalue weighted by molar-refractivity contribution is 0.691. The van der Waals surface area contributed by atoms with Gasteiger partial charge in [0.25, 0.3) is 0 Å². The Morgan fingerprint density at radius 1 is 0.370 bits per heavy atom. The Morgan fingerprint density at radius 3 is 1.26 bits per heavy atom. The highest BCUT2D eigenvalue weighted by Gasteiger charge is 1.85. The van der Waals surface area contributed by atoms with Crippen molar-refractivity contribution in [2.24, 2.45) is 0 Å². The first-order valence-corrected chi connectivity index (χ1v) is 9.72. The molecule has 27 heavy (non-hydrogen) atoms. The van der Waals surface area contributed by atoms with Crippen LogP contribution in [-0.4, -0.2) is 0 Å². The molecule has 0 unspecified atom stereocenters. The van der Waals surface area contributed by atoms with Crippen molar-refractivity contribution in [1.82, 2.24) is 0 Å². The van der Waals surface area contributed by atoms with Crippen LogP contribution < -0.4 is 0 Å². The van der Waals surface area contributed by atoms with Crippen molar-refractivity contribution >= 4 is 0 Å². The predicted molar refractivity (Wildman–Crippen MR) is 122 cm³/mol. The highest BCUT2D eigenvalue weighted by molar-refractivity contribution is 5.22. The molecule has 0 nitrogen and oxygen atoms in total. The molecule has 139 valence electrons. The SMILES string of the molecule is [C]1=C/C=C/C=C/C=C/C=C\C=C\C=C\C=C\C=C\C=C/C=C/CCCCC/1. The summed E-state index contributed by atoms with van der Waals surface area (Å²) in [5.74, 6) is 0. The maximum absolute atomic E-state index is 3.32. The Labute approximate surface area is 166 Å². The Bertz CT molecular complexity index is 607. The van der Waals surface area contributed by atoms with Gasteiger partial charge in [-0.25, -0.2) is 0 Å². The Kier molecular flexibility index (Phi) is 16.0. The van der Waals surface area contributed by atoms with Gasteiger partial charge in [0, 0.05) is 0 Å². The van der Waals surface area contributed by atoms with Gasteiger partial charge in [-0.2, -0.15) is 0 Å². The molecule has 0 atom stereocenters. The highest BCUT2D eigenvalue weighted by atomic mass is 13.9. The summed E-state index contributed by atoms with van der Waals surface area (Å²) in [6.07, 6.45) is 52.0. The number of hydrogen-bond acceptors (Lipinski definition) is 0. The summed E-state index contributed by atoms with van der Waals surface area (Å²) in [6, 6.07) is 0. The largest absolute Gasteiger partial charge is 0.0845 e. The zero-order valence-corrected chi connectivity index (χ0v) is 16.2. The zero-order chi connectivity index (χ0) is 19.1. The van der Waals surface area contributed by atoms with E-state index in [4.69, 9.17) is 0 Å². The molecule has 0 N–H and O–H groups in total. The Morgan fingerprint density at radius 2 is 0.778 bits per heavy atom. The maximum atomic E-state index is 3.32. The van der Waals surface area contributed by atoms with Crippen LogP contribution >= 0.6 is 0 Å². The first-order chi connectivity index (χ1) is 13.5. The number of rotatable bonds is 0. The van der Waals surface area contributed by atoms with Crippen LogP contribution in [-0.2, 0) is 0 Å². The summed E-state index contributed by atoms with van der Waals surface area (Å²) >= 11 is 0. The van der Waals surface area contributed by atoms with Crippen molar-refractivity contribution in [2.75, 3.05) is 0 Å². The van der Waals surface area contributed by atoms with E-state index in [1.54, 1.807) is 0 Å². The van der Waals surface area contributed by atoms with E-state index >= 15 is 0 Å². The van der Waals surface area contributed by atoms with E-state index in [1.807, 2.05) is 103 Å². The van der Waals surface area contributed by atoms with Gasteiger partial charge in [0.05, 0.1) is 0 Å². The van der Waals surface area contributed by atoms with Gasteiger partial charge in [-0.15, -0.1) is 0 Å². The Balaban J connectivity index is 2.52. The van der Waals surface area contributed by atoms with Gasteiger partial charge in [-0.1, -0.05) is 134 Å². The second kappa shape index (κ2) is 19.5. The third kappa shape index (κ3) is 17.7. The fourth-order valence-electron chi connectivity index (χ4n) is 2.14. The molecule has 0 aromatic carbocycles. The van der Waals surface area contributed by atoms with Gasteiger partial charge in [-0.3, -0.25) is 0 Å². The van der Waals surface area contributed by atoms with E-state index in [0.29, 0.717) is 0 Å².